The SMILES string of the molecule is c1ccc(-c2cncc(-c3cc(NCc4ccco4)nc(-c4ccccc4)n3)c2)cc1. The first-order valence-corrected chi connectivity index (χ1v) is 10.1. The smallest absolute Gasteiger partial charge is 0.162 e. The van der Waals surface area contributed by atoms with Crippen LogP contribution in [0.25, 0.3) is 33.8 Å². The van der Waals surface area contributed by atoms with Crippen molar-refractivity contribution in [3.8, 4) is 33.8 Å². The minimum atomic E-state index is 0.542. The Balaban J connectivity index is 1.55. The van der Waals surface area contributed by atoms with Crippen LogP contribution in [0.4, 0.5) is 5.82 Å². The highest BCUT2D eigenvalue weighted by molar-refractivity contribution is 5.72. The van der Waals surface area contributed by atoms with Crippen molar-refractivity contribution < 1.29 is 4.42 Å². The Morgan fingerprint density at radius 3 is 2.16 bits per heavy atom. The second-order valence-electron chi connectivity index (χ2n) is 7.09. The molecule has 3 heterocycles. The lowest BCUT2D eigenvalue weighted by atomic mass is 10.0. The van der Waals surface area contributed by atoms with Gasteiger partial charge in [-0.05, 0) is 23.8 Å². The van der Waals surface area contributed by atoms with Gasteiger partial charge in [-0.15, -0.1) is 0 Å². The summed E-state index contributed by atoms with van der Waals surface area (Å²) in [6.07, 6.45) is 5.37. The summed E-state index contributed by atoms with van der Waals surface area (Å²) in [6.45, 7) is 0.542. The molecular formula is C26H20N4O. The van der Waals surface area contributed by atoms with E-state index in [-0.39, 0.29) is 0 Å². The third-order valence-electron chi connectivity index (χ3n) is 4.92. The summed E-state index contributed by atoms with van der Waals surface area (Å²) < 4.78 is 5.43. The number of furan rings is 1. The van der Waals surface area contributed by atoms with Crippen LogP contribution in [0.2, 0.25) is 0 Å². The van der Waals surface area contributed by atoms with Gasteiger partial charge in [0.05, 0.1) is 18.5 Å². The molecule has 3 aromatic heterocycles. The standard InChI is InChI=1S/C26H20N4O/c1-3-8-19(9-4-1)21-14-22(17-27-16-21)24-15-25(28-18-23-12-7-13-31-23)30-26(29-24)20-10-5-2-6-11-20/h1-17H,18H2,(H,28,29,30). The van der Waals surface area contributed by atoms with E-state index in [1.165, 1.54) is 0 Å². The van der Waals surface area contributed by atoms with E-state index in [2.05, 4.69) is 28.5 Å². The maximum Gasteiger partial charge on any atom is 0.162 e. The van der Waals surface area contributed by atoms with Gasteiger partial charge >= 0.3 is 0 Å². The Bertz CT molecular complexity index is 1270. The van der Waals surface area contributed by atoms with E-state index in [0.717, 1.165) is 39.5 Å². The maximum atomic E-state index is 5.43. The van der Waals surface area contributed by atoms with Crippen molar-refractivity contribution in [1.82, 2.24) is 15.0 Å². The molecule has 0 saturated carbocycles. The summed E-state index contributed by atoms with van der Waals surface area (Å²) in [6, 6.07) is 28.0. The van der Waals surface area contributed by atoms with E-state index in [1.807, 2.05) is 79.1 Å². The molecule has 150 valence electrons. The zero-order chi connectivity index (χ0) is 20.9. The lowest BCUT2D eigenvalue weighted by Crippen LogP contribution is -2.03. The topological polar surface area (TPSA) is 63.8 Å². The van der Waals surface area contributed by atoms with E-state index in [0.29, 0.717) is 12.4 Å². The summed E-state index contributed by atoms with van der Waals surface area (Å²) in [5.74, 6) is 2.23. The van der Waals surface area contributed by atoms with Gasteiger partial charge in [0, 0.05) is 35.2 Å². The Kier molecular flexibility index (Phi) is 5.22. The van der Waals surface area contributed by atoms with Crippen LogP contribution in [-0.2, 0) is 6.54 Å². The van der Waals surface area contributed by atoms with Crippen molar-refractivity contribution in [1.29, 1.82) is 0 Å². The van der Waals surface area contributed by atoms with E-state index in [9.17, 15) is 0 Å². The van der Waals surface area contributed by atoms with Gasteiger partial charge < -0.3 is 9.73 Å². The molecule has 0 unspecified atom stereocenters. The Labute approximate surface area is 180 Å². The van der Waals surface area contributed by atoms with Crippen LogP contribution in [0.1, 0.15) is 5.76 Å². The van der Waals surface area contributed by atoms with Crippen LogP contribution in [0.15, 0.2) is 108 Å². The predicted octanol–water partition coefficient (Wildman–Crippen LogP) is 6.08. The van der Waals surface area contributed by atoms with Crippen molar-refractivity contribution in [3.63, 3.8) is 0 Å². The van der Waals surface area contributed by atoms with Crippen molar-refractivity contribution in [3.05, 3.63) is 109 Å². The van der Waals surface area contributed by atoms with Crippen LogP contribution in [0.5, 0.6) is 0 Å². The molecule has 0 aliphatic carbocycles. The van der Waals surface area contributed by atoms with Gasteiger partial charge in [0.2, 0.25) is 0 Å². The lowest BCUT2D eigenvalue weighted by molar-refractivity contribution is 0.518. The first kappa shape index (κ1) is 18.8. The Morgan fingerprint density at radius 1 is 0.677 bits per heavy atom. The van der Waals surface area contributed by atoms with Gasteiger partial charge in [-0.2, -0.15) is 0 Å². The summed E-state index contributed by atoms with van der Waals surface area (Å²) in [4.78, 5) is 14.0. The number of hydrogen-bond acceptors (Lipinski definition) is 5. The second-order valence-corrected chi connectivity index (χ2v) is 7.09. The molecule has 0 saturated heterocycles. The molecule has 2 aromatic carbocycles. The van der Waals surface area contributed by atoms with Gasteiger partial charge in [-0.3, -0.25) is 4.98 Å². The summed E-state index contributed by atoms with van der Waals surface area (Å²) in [5.41, 5.74) is 4.86. The fraction of sp³-hybridized carbons (Fsp3) is 0.0385. The van der Waals surface area contributed by atoms with Crippen LogP contribution >= 0.6 is 0 Å². The number of hydrogen-bond donors (Lipinski definition) is 1. The van der Waals surface area contributed by atoms with Crippen LogP contribution in [0, 0.1) is 0 Å². The lowest BCUT2D eigenvalue weighted by Gasteiger charge is -2.11. The third kappa shape index (κ3) is 4.36. The number of anilines is 1. The monoisotopic (exact) mass is 404 g/mol. The van der Waals surface area contributed by atoms with E-state index in [1.54, 1.807) is 6.26 Å². The fourth-order valence-corrected chi connectivity index (χ4v) is 3.36. The van der Waals surface area contributed by atoms with Gasteiger partial charge in [0.1, 0.15) is 11.6 Å². The quantitative estimate of drug-likeness (QED) is 0.372. The van der Waals surface area contributed by atoms with E-state index >= 15 is 0 Å². The molecule has 0 aliphatic heterocycles. The maximum absolute atomic E-state index is 5.43. The molecule has 5 heteroatoms. The summed E-state index contributed by atoms with van der Waals surface area (Å²) >= 11 is 0. The number of nitrogens with zero attached hydrogens (tertiary/aromatic N) is 3. The second kappa shape index (κ2) is 8.63. The van der Waals surface area contributed by atoms with Gasteiger partial charge in [0.25, 0.3) is 0 Å². The van der Waals surface area contributed by atoms with Gasteiger partial charge in [-0.25, -0.2) is 9.97 Å². The predicted molar refractivity (Wildman–Crippen MR) is 122 cm³/mol. The first-order chi connectivity index (χ1) is 15.3. The first-order valence-electron chi connectivity index (χ1n) is 10.1. The number of pyridine rings is 1. The van der Waals surface area contributed by atoms with Gasteiger partial charge in [0.15, 0.2) is 5.82 Å². The number of aromatic nitrogens is 3. The summed E-state index contributed by atoms with van der Waals surface area (Å²) in [5, 5.41) is 3.35. The fourth-order valence-electron chi connectivity index (χ4n) is 3.36. The molecule has 0 aliphatic rings. The zero-order valence-corrected chi connectivity index (χ0v) is 16.8. The molecule has 0 amide bonds. The normalized spacial score (nSPS) is 10.7. The Morgan fingerprint density at radius 2 is 1.42 bits per heavy atom. The Hall–Kier alpha value is -4.25. The average molecular weight is 404 g/mol. The minimum absolute atomic E-state index is 0.542. The molecule has 0 fully saturated rings. The van der Waals surface area contributed by atoms with Crippen molar-refractivity contribution in [2.24, 2.45) is 0 Å². The minimum Gasteiger partial charge on any atom is -0.467 e. The molecule has 0 radical (unpaired) electrons. The van der Waals surface area contributed by atoms with E-state index < -0.39 is 0 Å². The largest absolute Gasteiger partial charge is 0.467 e. The van der Waals surface area contributed by atoms with Crippen LogP contribution in [0.3, 0.4) is 0 Å². The molecule has 5 aromatic rings. The third-order valence-corrected chi connectivity index (χ3v) is 4.92. The van der Waals surface area contributed by atoms with Crippen LogP contribution in [-0.4, -0.2) is 15.0 Å². The highest BCUT2D eigenvalue weighted by Gasteiger charge is 2.11. The molecule has 0 atom stereocenters. The van der Waals surface area contributed by atoms with Crippen molar-refractivity contribution in [2.45, 2.75) is 6.54 Å². The average Bonchev–Trinajstić information content (AvgIpc) is 3.38. The summed E-state index contributed by atoms with van der Waals surface area (Å²) in [7, 11) is 0. The highest BCUT2D eigenvalue weighted by atomic mass is 16.3. The molecule has 0 spiro atoms. The molecular weight excluding hydrogens is 384 g/mol. The van der Waals surface area contributed by atoms with Gasteiger partial charge in [-0.1, -0.05) is 60.7 Å². The molecule has 0 bridgehead atoms. The molecule has 31 heavy (non-hydrogen) atoms. The van der Waals surface area contributed by atoms with Crippen LogP contribution < -0.4 is 5.32 Å². The van der Waals surface area contributed by atoms with Crippen molar-refractivity contribution in [2.75, 3.05) is 5.32 Å². The number of nitrogens with one attached hydrogen (secondary N) is 1. The molecule has 1 N–H and O–H groups in total. The zero-order valence-electron chi connectivity index (χ0n) is 16.8. The number of rotatable bonds is 6. The van der Waals surface area contributed by atoms with E-state index in [4.69, 9.17) is 14.4 Å². The van der Waals surface area contributed by atoms with Crippen molar-refractivity contribution >= 4 is 5.82 Å². The number of benzene rings is 2. The molecule has 5 rings (SSSR count). The molecule has 5 nitrogen and oxygen atoms in total. The highest BCUT2D eigenvalue weighted by Crippen LogP contribution is 2.27.